The molecular weight excluding hydrogens is 196 g/mol. The van der Waals surface area contributed by atoms with Crippen LogP contribution in [0, 0.1) is 12.3 Å². The Bertz CT molecular complexity index is 258. The Morgan fingerprint density at radius 2 is 2.13 bits per heavy atom. The third kappa shape index (κ3) is 8.78. The average Bonchev–Trinajstić information content (AvgIpc) is 2.13. The lowest BCUT2D eigenvalue weighted by Gasteiger charge is -2.18. The maximum absolute atomic E-state index is 10.6. The van der Waals surface area contributed by atoms with E-state index in [0.717, 1.165) is 0 Å². The third-order valence-corrected chi connectivity index (χ3v) is 1.76. The predicted molar refractivity (Wildman–Crippen MR) is 56.2 cm³/mol. The normalized spacial score (nSPS) is 9.67. The van der Waals surface area contributed by atoms with Crippen molar-refractivity contribution in [3.63, 3.8) is 0 Å². The monoisotopic (exact) mass is 212 g/mol. The van der Waals surface area contributed by atoms with Gasteiger partial charge in [-0.3, -0.25) is 14.5 Å². The molecule has 1 amide bonds. The van der Waals surface area contributed by atoms with Crippen LogP contribution in [0.25, 0.3) is 0 Å². The highest BCUT2D eigenvalue weighted by Crippen LogP contribution is 1.90. The Morgan fingerprint density at radius 3 is 2.60 bits per heavy atom. The smallest absolute Gasteiger partial charge is 0.304 e. The van der Waals surface area contributed by atoms with E-state index < -0.39 is 5.97 Å². The molecule has 0 heterocycles. The Hall–Kier alpha value is -1.54. The quantitative estimate of drug-likeness (QED) is 0.560. The molecule has 0 aliphatic carbocycles. The zero-order valence-corrected chi connectivity index (χ0v) is 8.82. The van der Waals surface area contributed by atoms with Gasteiger partial charge in [-0.15, -0.1) is 6.42 Å². The summed E-state index contributed by atoms with van der Waals surface area (Å²) in [6.45, 7) is 3.28. The fourth-order valence-corrected chi connectivity index (χ4v) is 1.04. The molecule has 0 atom stereocenters. The third-order valence-electron chi connectivity index (χ3n) is 1.76. The summed E-state index contributed by atoms with van der Waals surface area (Å²) >= 11 is 0. The predicted octanol–water partition coefficient (Wildman–Crippen LogP) is -0.468. The molecule has 0 unspecified atom stereocenters. The first kappa shape index (κ1) is 13.5. The van der Waals surface area contributed by atoms with E-state index in [1.807, 2.05) is 4.90 Å². The number of carbonyl (C=O) groups is 2. The zero-order chi connectivity index (χ0) is 11.7. The molecule has 84 valence electrons. The van der Waals surface area contributed by atoms with E-state index in [1.54, 1.807) is 0 Å². The molecule has 15 heavy (non-hydrogen) atoms. The molecule has 0 saturated heterocycles. The van der Waals surface area contributed by atoms with Crippen molar-refractivity contribution in [2.24, 2.45) is 0 Å². The van der Waals surface area contributed by atoms with Gasteiger partial charge in [-0.05, 0) is 0 Å². The van der Waals surface area contributed by atoms with Crippen LogP contribution in [0.5, 0.6) is 0 Å². The van der Waals surface area contributed by atoms with Crippen LogP contribution in [0.3, 0.4) is 0 Å². The molecule has 0 spiro atoms. The number of amides is 1. The number of rotatable bonds is 7. The van der Waals surface area contributed by atoms with Crippen molar-refractivity contribution in [2.75, 3.05) is 26.2 Å². The van der Waals surface area contributed by atoms with E-state index in [1.165, 1.54) is 6.92 Å². The van der Waals surface area contributed by atoms with Gasteiger partial charge >= 0.3 is 5.97 Å². The maximum atomic E-state index is 10.6. The summed E-state index contributed by atoms with van der Waals surface area (Å²) in [5.41, 5.74) is 0. The molecular formula is C10H16N2O3. The van der Waals surface area contributed by atoms with Crippen molar-refractivity contribution in [3.05, 3.63) is 0 Å². The molecule has 0 saturated carbocycles. The Morgan fingerprint density at radius 1 is 1.47 bits per heavy atom. The van der Waals surface area contributed by atoms with E-state index in [9.17, 15) is 9.59 Å². The van der Waals surface area contributed by atoms with Crippen molar-refractivity contribution in [1.82, 2.24) is 10.2 Å². The minimum absolute atomic E-state index is 0.0573. The van der Waals surface area contributed by atoms with Crippen LogP contribution < -0.4 is 5.32 Å². The van der Waals surface area contributed by atoms with Crippen LogP contribution >= 0.6 is 0 Å². The van der Waals surface area contributed by atoms with Gasteiger partial charge in [-0.1, -0.05) is 5.92 Å². The standard InChI is InChI=1S/C10H16N2O3/c1-3-6-12(7-4-10(14)15)8-5-11-9(2)13/h1H,4-8H2,2H3,(H,11,13)(H,14,15). The number of nitrogens with one attached hydrogen (secondary N) is 1. The molecule has 0 aromatic heterocycles. The topological polar surface area (TPSA) is 69.6 Å². The van der Waals surface area contributed by atoms with E-state index in [4.69, 9.17) is 11.5 Å². The van der Waals surface area contributed by atoms with Crippen molar-refractivity contribution >= 4 is 11.9 Å². The van der Waals surface area contributed by atoms with Gasteiger partial charge in [0.25, 0.3) is 0 Å². The van der Waals surface area contributed by atoms with Gasteiger partial charge in [-0.25, -0.2) is 0 Å². The second-order valence-corrected chi connectivity index (χ2v) is 3.11. The lowest BCUT2D eigenvalue weighted by Crippen LogP contribution is -2.35. The van der Waals surface area contributed by atoms with E-state index in [-0.39, 0.29) is 12.3 Å². The lowest BCUT2D eigenvalue weighted by molar-refractivity contribution is -0.137. The lowest BCUT2D eigenvalue weighted by atomic mass is 10.3. The number of carbonyl (C=O) groups excluding carboxylic acids is 1. The van der Waals surface area contributed by atoms with Crippen LogP contribution in [0.15, 0.2) is 0 Å². The van der Waals surface area contributed by atoms with Crippen LogP contribution in [-0.4, -0.2) is 48.1 Å². The van der Waals surface area contributed by atoms with Gasteiger partial charge in [0.15, 0.2) is 0 Å². The highest BCUT2D eigenvalue weighted by molar-refractivity contribution is 5.72. The molecule has 0 rings (SSSR count). The molecule has 0 aliphatic heterocycles. The fraction of sp³-hybridized carbons (Fsp3) is 0.600. The van der Waals surface area contributed by atoms with Crippen molar-refractivity contribution in [1.29, 1.82) is 0 Å². The first-order valence-electron chi connectivity index (χ1n) is 4.68. The second-order valence-electron chi connectivity index (χ2n) is 3.11. The van der Waals surface area contributed by atoms with Gasteiger partial charge in [0, 0.05) is 26.6 Å². The average molecular weight is 212 g/mol. The Labute approximate surface area is 89.4 Å². The minimum atomic E-state index is -0.850. The van der Waals surface area contributed by atoms with E-state index in [2.05, 4.69) is 11.2 Å². The van der Waals surface area contributed by atoms with Gasteiger partial charge < -0.3 is 10.4 Å². The summed E-state index contributed by atoms with van der Waals surface area (Å²) in [7, 11) is 0. The molecule has 0 bridgehead atoms. The van der Waals surface area contributed by atoms with Crippen molar-refractivity contribution in [2.45, 2.75) is 13.3 Å². The largest absolute Gasteiger partial charge is 0.481 e. The summed E-state index contributed by atoms with van der Waals surface area (Å²) in [4.78, 5) is 22.7. The molecule has 0 radical (unpaired) electrons. The molecule has 0 aliphatic rings. The maximum Gasteiger partial charge on any atom is 0.304 e. The Balaban J connectivity index is 3.78. The van der Waals surface area contributed by atoms with Crippen LogP contribution in [0.4, 0.5) is 0 Å². The van der Waals surface area contributed by atoms with Gasteiger partial charge in [0.2, 0.25) is 5.91 Å². The molecule has 2 N–H and O–H groups in total. The Kier molecular flexibility index (Phi) is 7.02. The van der Waals surface area contributed by atoms with E-state index in [0.29, 0.717) is 26.2 Å². The first-order valence-corrected chi connectivity index (χ1v) is 4.68. The molecule has 0 aromatic rings. The number of hydrogen-bond acceptors (Lipinski definition) is 3. The number of carboxylic acid groups (broad SMARTS) is 1. The first-order chi connectivity index (χ1) is 7.06. The van der Waals surface area contributed by atoms with E-state index >= 15 is 0 Å². The number of terminal acetylenes is 1. The highest BCUT2D eigenvalue weighted by Gasteiger charge is 2.05. The minimum Gasteiger partial charge on any atom is -0.481 e. The van der Waals surface area contributed by atoms with Crippen LogP contribution in [0.2, 0.25) is 0 Å². The summed E-state index contributed by atoms with van der Waals surface area (Å²) in [6, 6.07) is 0. The summed E-state index contributed by atoms with van der Waals surface area (Å²) < 4.78 is 0. The van der Waals surface area contributed by atoms with Crippen molar-refractivity contribution < 1.29 is 14.7 Å². The van der Waals surface area contributed by atoms with Crippen LogP contribution in [-0.2, 0) is 9.59 Å². The van der Waals surface area contributed by atoms with Gasteiger partial charge in [0.05, 0.1) is 13.0 Å². The molecule has 0 aromatic carbocycles. The molecule has 0 fully saturated rings. The molecule has 5 heteroatoms. The zero-order valence-electron chi connectivity index (χ0n) is 8.82. The SMILES string of the molecule is C#CCN(CCNC(C)=O)CCC(=O)O. The number of hydrogen-bond donors (Lipinski definition) is 2. The van der Waals surface area contributed by atoms with Gasteiger partial charge in [0.1, 0.15) is 0 Å². The summed E-state index contributed by atoms with van der Waals surface area (Å²) in [5.74, 6) is 1.50. The fourth-order valence-electron chi connectivity index (χ4n) is 1.04. The summed E-state index contributed by atoms with van der Waals surface area (Å²) in [6.07, 6.45) is 5.20. The van der Waals surface area contributed by atoms with Crippen molar-refractivity contribution in [3.8, 4) is 12.3 Å². The molecule has 5 nitrogen and oxygen atoms in total. The highest BCUT2D eigenvalue weighted by atomic mass is 16.4. The number of nitrogens with zero attached hydrogens (tertiary/aromatic N) is 1. The second kappa shape index (κ2) is 7.83. The summed E-state index contributed by atoms with van der Waals surface area (Å²) in [5, 5.41) is 11.1. The van der Waals surface area contributed by atoms with Crippen LogP contribution in [0.1, 0.15) is 13.3 Å². The number of carboxylic acids is 1. The number of aliphatic carboxylic acids is 1. The van der Waals surface area contributed by atoms with Gasteiger partial charge in [-0.2, -0.15) is 0 Å².